The number of amides is 1. The molecule has 0 spiro atoms. The average Bonchev–Trinajstić information content (AvgIpc) is 2.54. The Morgan fingerprint density at radius 2 is 1.64 bits per heavy atom. The van der Waals surface area contributed by atoms with Crippen LogP contribution in [-0.4, -0.2) is 20.1 Å². The van der Waals surface area contributed by atoms with E-state index in [0.29, 0.717) is 12.1 Å². The summed E-state index contributed by atoms with van der Waals surface area (Å²) in [5, 5.41) is 2.79. The summed E-state index contributed by atoms with van der Waals surface area (Å²) in [6.07, 6.45) is 0. The highest BCUT2D eigenvalue weighted by Gasteiger charge is 2.14. The van der Waals surface area contributed by atoms with Crippen molar-refractivity contribution >= 4 is 21.6 Å². The van der Waals surface area contributed by atoms with E-state index in [2.05, 4.69) is 10.0 Å². The van der Waals surface area contributed by atoms with Gasteiger partial charge in [0.15, 0.2) is 0 Å². The Kier molecular flexibility index (Phi) is 5.16. The number of nitrogens with one attached hydrogen (secondary N) is 2. The molecule has 0 aliphatic heterocycles. The quantitative estimate of drug-likeness (QED) is 0.858. The van der Waals surface area contributed by atoms with E-state index in [9.17, 15) is 13.2 Å². The topological polar surface area (TPSA) is 75.3 Å². The molecule has 0 heterocycles. The van der Waals surface area contributed by atoms with Gasteiger partial charge in [0.25, 0.3) is 5.91 Å². The molecule has 0 unspecified atom stereocenters. The zero-order valence-electron chi connectivity index (χ0n) is 12.2. The largest absolute Gasteiger partial charge is 0.348 e. The lowest BCUT2D eigenvalue weighted by Crippen LogP contribution is -2.25. The second kappa shape index (κ2) is 7.09. The molecule has 0 radical (unpaired) electrons. The molecule has 0 fully saturated rings. The van der Waals surface area contributed by atoms with Gasteiger partial charge in [0.05, 0.1) is 17.0 Å². The molecule has 6 heteroatoms. The van der Waals surface area contributed by atoms with E-state index in [-0.39, 0.29) is 17.3 Å². The Morgan fingerprint density at radius 3 is 2.32 bits per heavy atom. The first kappa shape index (κ1) is 16.0. The zero-order chi connectivity index (χ0) is 16.0. The fourth-order valence-corrected chi connectivity index (χ4v) is 2.54. The number of hydrogen-bond donors (Lipinski definition) is 2. The van der Waals surface area contributed by atoms with Gasteiger partial charge in [0, 0.05) is 6.54 Å². The molecular formula is C16H18N2O3S. The second-order valence-corrected chi connectivity index (χ2v) is 6.73. The molecule has 2 aromatic rings. The number of benzene rings is 2. The van der Waals surface area contributed by atoms with Crippen LogP contribution in [0.4, 0.5) is 5.69 Å². The lowest BCUT2D eigenvalue weighted by atomic mass is 10.1. The predicted molar refractivity (Wildman–Crippen MR) is 87.1 cm³/mol. The lowest BCUT2D eigenvalue weighted by Gasteiger charge is -2.12. The summed E-state index contributed by atoms with van der Waals surface area (Å²) in [6, 6.07) is 16.1. The van der Waals surface area contributed by atoms with Crippen LogP contribution < -0.4 is 10.0 Å². The van der Waals surface area contributed by atoms with Gasteiger partial charge in [-0.25, -0.2) is 8.42 Å². The van der Waals surface area contributed by atoms with E-state index in [1.165, 1.54) is 0 Å². The van der Waals surface area contributed by atoms with E-state index in [1.54, 1.807) is 31.2 Å². The van der Waals surface area contributed by atoms with Crippen LogP contribution in [0.15, 0.2) is 54.6 Å². The number of hydrogen-bond acceptors (Lipinski definition) is 3. The maximum absolute atomic E-state index is 12.3. The number of sulfonamides is 1. The molecule has 0 saturated carbocycles. The standard InChI is InChI=1S/C16H18N2O3S/c1-2-22(20,21)18-15-11-7-6-10-14(15)16(19)17-12-13-8-4-3-5-9-13/h3-11,18H,2,12H2,1H3,(H,17,19). The molecule has 0 bridgehead atoms. The molecule has 1 amide bonds. The molecule has 116 valence electrons. The summed E-state index contributed by atoms with van der Waals surface area (Å²) in [4.78, 5) is 12.3. The number of rotatable bonds is 6. The minimum Gasteiger partial charge on any atom is -0.348 e. The van der Waals surface area contributed by atoms with Gasteiger partial charge in [0.2, 0.25) is 10.0 Å². The summed E-state index contributed by atoms with van der Waals surface area (Å²) in [7, 11) is -3.43. The summed E-state index contributed by atoms with van der Waals surface area (Å²) in [5.74, 6) is -0.370. The van der Waals surface area contributed by atoms with Crippen LogP contribution in [0, 0.1) is 0 Å². The Hall–Kier alpha value is -2.34. The van der Waals surface area contributed by atoms with Crippen molar-refractivity contribution in [3.63, 3.8) is 0 Å². The molecule has 2 aromatic carbocycles. The van der Waals surface area contributed by atoms with Crippen LogP contribution >= 0.6 is 0 Å². The first-order valence-electron chi connectivity index (χ1n) is 6.93. The monoisotopic (exact) mass is 318 g/mol. The van der Waals surface area contributed by atoms with E-state index < -0.39 is 10.0 Å². The smallest absolute Gasteiger partial charge is 0.253 e. The number of carbonyl (C=O) groups is 1. The summed E-state index contributed by atoms with van der Waals surface area (Å²) in [6.45, 7) is 1.93. The van der Waals surface area contributed by atoms with E-state index in [1.807, 2.05) is 30.3 Å². The first-order valence-corrected chi connectivity index (χ1v) is 8.58. The van der Waals surface area contributed by atoms with Gasteiger partial charge in [-0.2, -0.15) is 0 Å². The van der Waals surface area contributed by atoms with Gasteiger partial charge in [-0.1, -0.05) is 42.5 Å². The Balaban J connectivity index is 2.13. The fraction of sp³-hybridized carbons (Fsp3) is 0.188. The van der Waals surface area contributed by atoms with Crippen LogP contribution in [0.3, 0.4) is 0 Å². The molecular weight excluding hydrogens is 300 g/mol. The minimum atomic E-state index is -3.43. The van der Waals surface area contributed by atoms with Crippen molar-refractivity contribution in [2.24, 2.45) is 0 Å². The molecule has 22 heavy (non-hydrogen) atoms. The first-order chi connectivity index (χ1) is 10.5. The van der Waals surface area contributed by atoms with Crippen LogP contribution in [0.2, 0.25) is 0 Å². The third-order valence-electron chi connectivity index (χ3n) is 3.11. The molecule has 0 saturated heterocycles. The maximum Gasteiger partial charge on any atom is 0.253 e. The maximum atomic E-state index is 12.3. The third-order valence-corrected chi connectivity index (χ3v) is 4.40. The molecule has 2 N–H and O–H groups in total. The average molecular weight is 318 g/mol. The molecule has 5 nitrogen and oxygen atoms in total. The Bertz CT molecular complexity index is 743. The zero-order valence-corrected chi connectivity index (χ0v) is 13.1. The van der Waals surface area contributed by atoms with Crippen molar-refractivity contribution < 1.29 is 13.2 Å². The van der Waals surface area contributed by atoms with Crippen molar-refractivity contribution in [2.75, 3.05) is 10.5 Å². The Labute approximate surface area is 130 Å². The van der Waals surface area contributed by atoms with Crippen molar-refractivity contribution in [3.05, 3.63) is 65.7 Å². The summed E-state index contributed by atoms with van der Waals surface area (Å²) in [5.41, 5.74) is 1.56. The van der Waals surface area contributed by atoms with Gasteiger partial charge in [0.1, 0.15) is 0 Å². The van der Waals surface area contributed by atoms with Crippen molar-refractivity contribution in [3.8, 4) is 0 Å². The molecule has 0 atom stereocenters. The Morgan fingerprint density at radius 1 is 1.00 bits per heavy atom. The third kappa shape index (κ3) is 4.33. The van der Waals surface area contributed by atoms with Crippen LogP contribution in [0.1, 0.15) is 22.8 Å². The minimum absolute atomic E-state index is 0.0486. The summed E-state index contributed by atoms with van der Waals surface area (Å²) < 4.78 is 25.8. The number of carbonyl (C=O) groups excluding carboxylic acids is 1. The number of para-hydroxylation sites is 1. The highest BCUT2D eigenvalue weighted by molar-refractivity contribution is 7.92. The molecule has 0 aromatic heterocycles. The highest BCUT2D eigenvalue weighted by atomic mass is 32.2. The van der Waals surface area contributed by atoms with Gasteiger partial charge in [-0.05, 0) is 24.6 Å². The molecule has 0 aliphatic carbocycles. The van der Waals surface area contributed by atoms with Crippen molar-refractivity contribution in [2.45, 2.75) is 13.5 Å². The van der Waals surface area contributed by atoms with Crippen LogP contribution in [-0.2, 0) is 16.6 Å². The fourth-order valence-electron chi connectivity index (χ4n) is 1.88. The summed E-state index contributed by atoms with van der Waals surface area (Å²) >= 11 is 0. The van der Waals surface area contributed by atoms with E-state index in [4.69, 9.17) is 0 Å². The predicted octanol–water partition coefficient (Wildman–Crippen LogP) is 2.38. The van der Waals surface area contributed by atoms with Crippen LogP contribution in [0.5, 0.6) is 0 Å². The molecule has 2 rings (SSSR count). The van der Waals surface area contributed by atoms with Gasteiger partial charge in [-0.15, -0.1) is 0 Å². The van der Waals surface area contributed by atoms with Gasteiger partial charge < -0.3 is 5.32 Å². The van der Waals surface area contributed by atoms with E-state index >= 15 is 0 Å². The van der Waals surface area contributed by atoms with Crippen LogP contribution in [0.25, 0.3) is 0 Å². The number of anilines is 1. The lowest BCUT2D eigenvalue weighted by molar-refractivity contribution is 0.0952. The van der Waals surface area contributed by atoms with E-state index in [0.717, 1.165) is 5.56 Å². The van der Waals surface area contributed by atoms with Gasteiger partial charge in [-0.3, -0.25) is 9.52 Å². The van der Waals surface area contributed by atoms with Crippen molar-refractivity contribution in [1.29, 1.82) is 0 Å². The highest BCUT2D eigenvalue weighted by Crippen LogP contribution is 2.16. The SMILES string of the molecule is CCS(=O)(=O)Nc1ccccc1C(=O)NCc1ccccc1. The van der Waals surface area contributed by atoms with Gasteiger partial charge >= 0.3 is 0 Å². The van der Waals surface area contributed by atoms with Crippen molar-refractivity contribution in [1.82, 2.24) is 5.32 Å². The second-order valence-electron chi connectivity index (χ2n) is 4.72. The molecule has 0 aliphatic rings. The normalized spacial score (nSPS) is 11.0.